The van der Waals surface area contributed by atoms with Gasteiger partial charge in [-0.1, -0.05) is 73.2 Å². The van der Waals surface area contributed by atoms with E-state index < -0.39 is 16.1 Å². The number of hydrogen-bond donors (Lipinski definition) is 1. The summed E-state index contributed by atoms with van der Waals surface area (Å²) in [4.78, 5) is 28.1. The molecule has 0 fully saturated rings. The Morgan fingerprint density at radius 1 is 1.00 bits per heavy atom. The molecule has 0 aromatic heterocycles. The zero-order valence-corrected chi connectivity index (χ0v) is 25.6. The van der Waals surface area contributed by atoms with Crippen molar-refractivity contribution in [2.24, 2.45) is 5.92 Å². The van der Waals surface area contributed by atoms with Crippen LogP contribution in [0.4, 0.5) is 5.69 Å². The lowest BCUT2D eigenvalue weighted by molar-refractivity contribution is -0.141. The summed E-state index contributed by atoms with van der Waals surface area (Å²) in [5, 5.41) is 4.20. The number of carbonyl (C=O) groups excluding carboxylic acids is 2. The van der Waals surface area contributed by atoms with Crippen LogP contribution in [0.1, 0.15) is 45.6 Å². The van der Waals surface area contributed by atoms with Crippen molar-refractivity contribution < 1.29 is 18.0 Å². The topological polar surface area (TPSA) is 86.8 Å². The minimum absolute atomic E-state index is 0.0122. The van der Waals surface area contributed by atoms with Crippen molar-refractivity contribution in [2.45, 2.75) is 52.6 Å². The first kappa shape index (κ1) is 32.5. The van der Waals surface area contributed by atoms with Crippen LogP contribution in [0.25, 0.3) is 0 Å². The van der Waals surface area contributed by atoms with Crippen LogP contribution in [0.5, 0.6) is 0 Å². The molecule has 7 nitrogen and oxygen atoms in total. The second kappa shape index (κ2) is 14.6. The van der Waals surface area contributed by atoms with Gasteiger partial charge in [0.25, 0.3) is 0 Å². The molecular weight excluding hydrogens is 592 g/mol. The van der Waals surface area contributed by atoms with Crippen LogP contribution in [-0.4, -0.2) is 50.5 Å². The normalized spacial score (nSPS) is 12.3. The fourth-order valence-corrected chi connectivity index (χ4v) is 5.78. The number of hydrogen-bond acceptors (Lipinski definition) is 4. The molecule has 0 saturated carbocycles. The van der Waals surface area contributed by atoms with E-state index in [0.717, 1.165) is 10.6 Å². The van der Waals surface area contributed by atoms with Crippen molar-refractivity contribution in [3.63, 3.8) is 0 Å². The Labute approximate surface area is 245 Å². The van der Waals surface area contributed by atoms with Crippen molar-refractivity contribution in [3.8, 4) is 0 Å². The van der Waals surface area contributed by atoms with Gasteiger partial charge in [0, 0.05) is 46.7 Å². The van der Waals surface area contributed by atoms with Gasteiger partial charge >= 0.3 is 0 Å². The highest BCUT2D eigenvalue weighted by Gasteiger charge is 2.30. The molecule has 0 saturated heterocycles. The van der Waals surface area contributed by atoms with Crippen LogP contribution in [0, 0.1) is 5.92 Å². The van der Waals surface area contributed by atoms with Gasteiger partial charge in [-0.25, -0.2) is 8.42 Å². The van der Waals surface area contributed by atoms with Crippen LogP contribution < -0.4 is 9.62 Å². The maximum atomic E-state index is 13.5. The highest BCUT2D eigenvalue weighted by atomic mass is 35.5. The number of sulfonamides is 1. The molecule has 2 rings (SSSR count). The largest absolute Gasteiger partial charge is 0.354 e. The highest BCUT2D eigenvalue weighted by Crippen LogP contribution is 2.31. The molecule has 0 heterocycles. The molecule has 0 spiro atoms. The summed E-state index contributed by atoms with van der Waals surface area (Å²) in [7, 11) is -3.72. The average Bonchev–Trinajstić information content (AvgIpc) is 2.83. The van der Waals surface area contributed by atoms with Gasteiger partial charge in [-0.15, -0.1) is 0 Å². The summed E-state index contributed by atoms with van der Waals surface area (Å²) in [6, 6.07) is 8.82. The van der Waals surface area contributed by atoms with Gasteiger partial charge in [0.05, 0.1) is 17.0 Å². The van der Waals surface area contributed by atoms with Crippen molar-refractivity contribution in [2.75, 3.05) is 23.7 Å². The van der Waals surface area contributed by atoms with E-state index in [1.807, 2.05) is 20.8 Å². The van der Waals surface area contributed by atoms with E-state index in [1.54, 1.807) is 24.3 Å². The monoisotopic (exact) mass is 623 g/mol. The third-order valence-corrected chi connectivity index (χ3v) is 8.23. The summed E-state index contributed by atoms with van der Waals surface area (Å²) in [5.41, 5.74) is 0.760. The number of carbonyl (C=O) groups is 2. The van der Waals surface area contributed by atoms with E-state index >= 15 is 0 Å². The van der Waals surface area contributed by atoms with Gasteiger partial charge in [-0.05, 0) is 49.1 Å². The van der Waals surface area contributed by atoms with Crippen molar-refractivity contribution in [1.29, 1.82) is 0 Å². The molecule has 0 aliphatic rings. The van der Waals surface area contributed by atoms with E-state index in [-0.39, 0.29) is 54.4 Å². The standard InChI is InChI=1S/C26H33Cl4N3O4S/c1-5-23(26(35)31-15-17(2)3)32(16-19-20(28)8-6-9-21(19)29)25(34)10-7-13-33(38(4,36)37)24-14-18(27)11-12-22(24)30/h6,8-9,11-12,14,17,23H,5,7,10,13,15-16H2,1-4H3,(H,31,35). The van der Waals surface area contributed by atoms with Gasteiger partial charge in [0.2, 0.25) is 21.8 Å². The Hall–Kier alpha value is -1.71. The SMILES string of the molecule is CCC(C(=O)NCC(C)C)N(Cc1c(Cl)cccc1Cl)C(=O)CCCN(c1cc(Cl)ccc1Cl)S(C)(=O)=O. The third kappa shape index (κ3) is 9.19. The molecular formula is C26H33Cl4N3O4S. The van der Waals surface area contributed by atoms with Gasteiger partial charge in [-0.2, -0.15) is 0 Å². The minimum Gasteiger partial charge on any atom is -0.354 e. The first-order valence-corrected chi connectivity index (χ1v) is 15.5. The number of rotatable bonds is 13. The summed E-state index contributed by atoms with van der Waals surface area (Å²) in [6.45, 7) is 6.26. The molecule has 0 bridgehead atoms. The molecule has 1 N–H and O–H groups in total. The van der Waals surface area contributed by atoms with E-state index in [4.69, 9.17) is 46.4 Å². The van der Waals surface area contributed by atoms with E-state index in [9.17, 15) is 18.0 Å². The van der Waals surface area contributed by atoms with Crippen LogP contribution in [-0.2, 0) is 26.2 Å². The van der Waals surface area contributed by atoms with Crippen molar-refractivity contribution in [1.82, 2.24) is 10.2 Å². The lowest BCUT2D eigenvalue weighted by atomic mass is 10.1. The number of nitrogens with one attached hydrogen (secondary N) is 1. The molecule has 0 aliphatic carbocycles. The van der Waals surface area contributed by atoms with Crippen LogP contribution in [0.2, 0.25) is 20.1 Å². The van der Waals surface area contributed by atoms with E-state index in [2.05, 4.69) is 5.32 Å². The Kier molecular flexibility index (Phi) is 12.5. The summed E-state index contributed by atoms with van der Waals surface area (Å²) in [5.74, 6) is -0.377. The molecule has 12 heteroatoms. The fourth-order valence-electron chi connectivity index (χ4n) is 3.86. The predicted molar refractivity (Wildman–Crippen MR) is 157 cm³/mol. The first-order valence-electron chi connectivity index (χ1n) is 12.2. The quantitative estimate of drug-likeness (QED) is 0.278. The third-order valence-electron chi connectivity index (χ3n) is 5.79. The van der Waals surface area contributed by atoms with Crippen molar-refractivity contribution >= 4 is 73.9 Å². The Morgan fingerprint density at radius 3 is 2.18 bits per heavy atom. The predicted octanol–water partition coefficient (Wildman–Crippen LogP) is 6.43. The Bertz CT molecular complexity index is 1220. The number of nitrogens with zero attached hydrogens (tertiary/aromatic N) is 2. The average molecular weight is 625 g/mol. The fraction of sp³-hybridized carbons (Fsp3) is 0.462. The highest BCUT2D eigenvalue weighted by molar-refractivity contribution is 7.92. The molecule has 1 atom stereocenters. The molecule has 1 unspecified atom stereocenters. The number of benzene rings is 2. The van der Waals surface area contributed by atoms with Crippen LogP contribution in [0.15, 0.2) is 36.4 Å². The van der Waals surface area contributed by atoms with Gasteiger partial charge in [0.1, 0.15) is 6.04 Å². The first-order chi connectivity index (χ1) is 17.8. The maximum Gasteiger partial charge on any atom is 0.242 e. The molecule has 0 radical (unpaired) electrons. The molecule has 2 aromatic rings. The second-order valence-corrected chi connectivity index (χ2v) is 12.9. The Balaban J connectivity index is 2.30. The van der Waals surface area contributed by atoms with E-state index in [0.29, 0.717) is 33.6 Å². The zero-order valence-electron chi connectivity index (χ0n) is 21.8. The van der Waals surface area contributed by atoms with E-state index in [1.165, 1.54) is 17.0 Å². The minimum atomic E-state index is -3.72. The van der Waals surface area contributed by atoms with Crippen molar-refractivity contribution in [3.05, 3.63) is 62.1 Å². The van der Waals surface area contributed by atoms with Gasteiger partial charge in [-0.3, -0.25) is 13.9 Å². The summed E-state index contributed by atoms with van der Waals surface area (Å²) >= 11 is 25.1. The molecule has 2 amide bonds. The lowest BCUT2D eigenvalue weighted by Gasteiger charge is -2.32. The molecule has 0 aliphatic heterocycles. The summed E-state index contributed by atoms with van der Waals surface area (Å²) < 4.78 is 26.2. The van der Waals surface area contributed by atoms with Gasteiger partial charge < -0.3 is 10.2 Å². The molecule has 210 valence electrons. The zero-order chi connectivity index (χ0) is 28.6. The van der Waals surface area contributed by atoms with Gasteiger partial charge in [0.15, 0.2) is 0 Å². The van der Waals surface area contributed by atoms with Crippen LogP contribution in [0.3, 0.4) is 0 Å². The number of halogens is 4. The maximum absolute atomic E-state index is 13.5. The number of amides is 2. The smallest absolute Gasteiger partial charge is 0.242 e. The Morgan fingerprint density at radius 2 is 1.63 bits per heavy atom. The lowest BCUT2D eigenvalue weighted by Crippen LogP contribution is -2.49. The van der Waals surface area contributed by atoms with Crippen LogP contribution >= 0.6 is 46.4 Å². The molecule has 38 heavy (non-hydrogen) atoms. The molecule has 2 aromatic carbocycles. The second-order valence-electron chi connectivity index (χ2n) is 9.32. The number of anilines is 1. The summed E-state index contributed by atoms with van der Waals surface area (Å²) in [6.07, 6.45) is 1.57.